The number of unbranched alkanes of at least 4 members (excludes halogenated alkanes) is 1. The molecule has 1 amide bonds. The molecule has 2 unspecified atom stereocenters. The van der Waals surface area contributed by atoms with Crippen molar-refractivity contribution in [3.63, 3.8) is 0 Å². The first-order chi connectivity index (χ1) is 8.36. The molecule has 0 bridgehead atoms. The van der Waals surface area contributed by atoms with Crippen molar-refractivity contribution in [2.45, 2.75) is 50.9 Å². The SMILES string of the molecule is CCCCOC(=O)N1CCC(O)CC1C(F)(F)F. The van der Waals surface area contributed by atoms with Crippen LogP contribution in [0.15, 0.2) is 0 Å². The minimum absolute atomic E-state index is 0.124. The van der Waals surface area contributed by atoms with E-state index in [4.69, 9.17) is 4.74 Å². The Kier molecular flexibility index (Phi) is 5.25. The highest BCUT2D eigenvalue weighted by molar-refractivity contribution is 5.68. The number of likely N-dealkylation sites (tertiary alicyclic amines) is 1. The lowest BCUT2D eigenvalue weighted by molar-refractivity contribution is -0.194. The molecule has 1 saturated heterocycles. The molecule has 2 atom stereocenters. The summed E-state index contributed by atoms with van der Waals surface area (Å²) in [5.74, 6) is 0. The summed E-state index contributed by atoms with van der Waals surface area (Å²) in [6, 6.07) is -1.95. The van der Waals surface area contributed by atoms with Crippen molar-refractivity contribution in [3.8, 4) is 0 Å². The fourth-order valence-corrected chi connectivity index (χ4v) is 1.86. The molecule has 4 nitrogen and oxygen atoms in total. The zero-order valence-electron chi connectivity index (χ0n) is 10.2. The van der Waals surface area contributed by atoms with Crippen molar-refractivity contribution in [3.05, 3.63) is 0 Å². The summed E-state index contributed by atoms with van der Waals surface area (Å²) < 4.78 is 43.0. The van der Waals surface area contributed by atoms with Gasteiger partial charge in [0.25, 0.3) is 0 Å². The Morgan fingerprint density at radius 2 is 2.17 bits per heavy atom. The molecule has 0 aliphatic carbocycles. The lowest BCUT2D eigenvalue weighted by atomic mass is 9.99. The second-order valence-electron chi connectivity index (χ2n) is 4.40. The molecular formula is C11H18F3NO3. The number of amides is 1. The maximum atomic E-state index is 12.8. The van der Waals surface area contributed by atoms with Crippen LogP contribution >= 0.6 is 0 Å². The van der Waals surface area contributed by atoms with E-state index in [-0.39, 0.29) is 19.6 Å². The molecule has 1 heterocycles. The Morgan fingerprint density at radius 1 is 1.50 bits per heavy atom. The molecule has 0 aromatic carbocycles. The third kappa shape index (κ3) is 4.04. The van der Waals surface area contributed by atoms with Crippen LogP contribution in [0.5, 0.6) is 0 Å². The number of nitrogens with zero attached hydrogens (tertiary/aromatic N) is 1. The van der Waals surface area contributed by atoms with Crippen LogP contribution in [-0.4, -0.2) is 47.6 Å². The fourth-order valence-electron chi connectivity index (χ4n) is 1.86. The number of carbonyl (C=O) groups excluding carboxylic acids is 1. The van der Waals surface area contributed by atoms with Crippen LogP contribution in [0, 0.1) is 0 Å². The molecule has 1 rings (SSSR count). The highest BCUT2D eigenvalue weighted by Crippen LogP contribution is 2.32. The summed E-state index contributed by atoms with van der Waals surface area (Å²) >= 11 is 0. The van der Waals surface area contributed by atoms with Crippen molar-refractivity contribution in [2.75, 3.05) is 13.2 Å². The Bertz CT molecular complexity index is 283. The van der Waals surface area contributed by atoms with Gasteiger partial charge < -0.3 is 9.84 Å². The predicted octanol–water partition coefficient (Wildman–Crippen LogP) is 2.31. The maximum absolute atomic E-state index is 12.8. The molecule has 0 saturated carbocycles. The minimum Gasteiger partial charge on any atom is -0.449 e. The van der Waals surface area contributed by atoms with Gasteiger partial charge in [0.05, 0.1) is 12.7 Å². The molecule has 18 heavy (non-hydrogen) atoms. The molecule has 1 N–H and O–H groups in total. The van der Waals surface area contributed by atoms with Gasteiger partial charge in [0, 0.05) is 13.0 Å². The third-order valence-corrected chi connectivity index (χ3v) is 2.91. The number of aliphatic hydroxyl groups excluding tert-OH is 1. The van der Waals surface area contributed by atoms with Crippen molar-refractivity contribution in [2.24, 2.45) is 0 Å². The molecule has 1 aliphatic rings. The van der Waals surface area contributed by atoms with E-state index < -0.39 is 30.8 Å². The van der Waals surface area contributed by atoms with E-state index in [1.54, 1.807) is 0 Å². The molecule has 1 fully saturated rings. The van der Waals surface area contributed by atoms with Gasteiger partial charge >= 0.3 is 12.3 Å². The summed E-state index contributed by atoms with van der Waals surface area (Å²) in [5.41, 5.74) is 0. The monoisotopic (exact) mass is 269 g/mol. The third-order valence-electron chi connectivity index (χ3n) is 2.91. The number of rotatable bonds is 3. The van der Waals surface area contributed by atoms with Gasteiger partial charge in [0.2, 0.25) is 0 Å². The van der Waals surface area contributed by atoms with Gasteiger partial charge in [-0.15, -0.1) is 0 Å². The Labute approximate surface area is 104 Å². The molecule has 106 valence electrons. The maximum Gasteiger partial charge on any atom is 0.410 e. The van der Waals surface area contributed by atoms with E-state index in [0.29, 0.717) is 11.3 Å². The second-order valence-corrected chi connectivity index (χ2v) is 4.40. The van der Waals surface area contributed by atoms with Crippen molar-refractivity contribution in [1.29, 1.82) is 0 Å². The predicted molar refractivity (Wildman–Crippen MR) is 58.0 cm³/mol. The molecule has 7 heteroatoms. The van der Waals surface area contributed by atoms with E-state index >= 15 is 0 Å². The molecule has 0 radical (unpaired) electrons. The van der Waals surface area contributed by atoms with Gasteiger partial charge in [-0.2, -0.15) is 13.2 Å². The van der Waals surface area contributed by atoms with Crippen LogP contribution in [0.25, 0.3) is 0 Å². The second kappa shape index (κ2) is 6.26. The standard InChI is InChI=1S/C11H18F3NO3/c1-2-3-6-18-10(17)15-5-4-8(16)7-9(15)11(12,13)14/h8-9,16H,2-7H2,1H3. The van der Waals surface area contributed by atoms with E-state index in [2.05, 4.69) is 0 Å². The number of hydrogen-bond acceptors (Lipinski definition) is 3. The zero-order chi connectivity index (χ0) is 13.8. The van der Waals surface area contributed by atoms with Crippen LogP contribution in [0.4, 0.5) is 18.0 Å². The van der Waals surface area contributed by atoms with Crippen LogP contribution in [-0.2, 0) is 4.74 Å². The summed E-state index contributed by atoms with van der Waals surface area (Å²) in [7, 11) is 0. The van der Waals surface area contributed by atoms with Crippen LogP contribution in [0.1, 0.15) is 32.6 Å². The van der Waals surface area contributed by atoms with Gasteiger partial charge in [-0.25, -0.2) is 4.79 Å². The molecule has 0 aromatic heterocycles. The normalized spacial score (nSPS) is 25.1. The highest BCUT2D eigenvalue weighted by atomic mass is 19.4. The van der Waals surface area contributed by atoms with Gasteiger partial charge in [-0.3, -0.25) is 4.90 Å². The molecular weight excluding hydrogens is 251 g/mol. The smallest absolute Gasteiger partial charge is 0.410 e. The Balaban J connectivity index is 2.62. The zero-order valence-corrected chi connectivity index (χ0v) is 10.2. The average Bonchev–Trinajstić information content (AvgIpc) is 2.28. The Hall–Kier alpha value is -0.980. The number of halogens is 3. The summed E-state index contributed by atoms with van der Waals surface area (Å²) in [4.78, 5) is 12.2. The quantitative estimate of drug-likeness (QED) is 0.800. The number of alkyl halides is 3. The van der Waals surface area contributed by atoms with Gasteiger partial charge in [0.15, 0.2) is 0 Å². The first-order valence-electron chi connectivity index (χ1n) is 6.04. The fraction of sp³-hybridized carbons (Fsp3) is 0.909. The lowest BCUT2D eigenvalue weighted by Crippen LogP contribution is -2.54. The van der Waals surface area contributed by atoms with Crippen LogP contribution < -0.4 is 0 Å². The summed E-state index contributed by atoms with van der Waals surface area (Å²) in [6.07, 6.45) is -5.41. The summed E-state index contributed by atoms with van der Waals surface area (Å²) in [5, 5.41) is 9.28. The van der Waals surface area contributed by atoms with Gasteiger partial charge in [-0.1, -0.05) is 13.3 Å². The van der Waals surface area contributed by atoms with Crippen molar-refractivity contribution >= 4 is 6.09 Å². The first-order valence-corrected chi connectivity index (χ1v) is 6.04. The number of hydrogen-bond donors (Lipinski definition) is 1. The van der Waals surface area contributed by atoms with Crippen LogP contribution in [0.2, 0.25) is 0 Å². The van der Waals surface area contributed by atoms with Gasteiger partial charge in [0.1, 0.15) is 6.04 Å². The Morgan fingerprint density at radius 3 is 2.72 bits per heavy atom. The minimum atomic E-state index is -4.54. The largest absolute Gasteiger partial charge is 0.449 e. The molecule has 0 spiro atoms. The van der Waals surface area contributed by atoms with E-state index in [9.17, 15) is 23.1 Å². The van der Waals surface area contributed by atoms with Crippen LogP contribution in [0.3, 0.4) is 0 Å². The van der Waals surface area contributed by atoms with E-state index in [1.165, 1.54) is 0 Å². The highest BCUT2D eigenvalue weighted by Gasteiger charge is 2.48. The first kappa shape index (κ1) is 15.1. The van der Waals surface area contributed by atoms with Crippen molar-refractivity contribution < 1.29 is 27.8 Å². The van der Waals surface area contributed by atoms with E-state index in [1.807, 2.05) is 6.92 Å². The topological polar surface area (TPSA) is 49.8 Å². The number of carbonyl (C=O) groups is 1. The number of aliphatic hydroxyl groups is 1. The van der Waals surface area contributed by atoms with Crippen molar-refractivity contribution in [1.82, 2.24) is 4.90 Å². The average molecular weight is 269 g/mol. The van der Waals surface area contributed by atoms with Gasteiger partial charge in [-0.05, 0) is 12.8 Å². The summed E-state index contributed by atoms with van der Waals surface area (Å²) in [6.45, 7) is 1.89. The lowest BCUT2D eigenvalue weighted by Gasteiger charge is -2.37. The number of ether oxygens (including phenoxy) is 1. The molecule has 1 aliphatic heterocycles. The number of piperidine rings is 1. The molecule has 0 aromatic rings. The van der Waals surface area contributed by atoms with E-state index in [0.717, 1.165) is 6.42 Å².